The molecule has 7 heteroatoms. The summed E-state index contributed by atoms with van der Waals surface area (Å²) in [6, 6.07) is 0. The van der Waals surface area contributed by atoms with E-state index in [1.807, 2.05) is 27.7 Å². The average molecular weight is 334 g/mol. The Morgan fingerprint density at radius 1 is 1.17 bits per heavy atom. The van der Waals surface area contributed by atoms with E-state index in [0.717, 1.165) is 10.5 Å². The molecule has 0 aromatic rings. The molecule has 2 amide bonds. The molecule has 1 fully saturated rings. The molecule has 0 radical (unpaired) electrons. The normalized spacial score (nSPS) is 18.0. The highest BCUT2D eigenvalue weighted by Gasteiger charge is 2.43. The van der Waals surface area contributed by atoms with Crippen molar-refractivity contribution in [2.75, 3.05) is 19.6 Å². The molecule has 0 atom stereocenters. The Kier molecular flexibility index (Phi) is 6.25. The smallest absolute Gasteiger partial charge is 0.352 e. The minimum absolute atomic E-state index is 0.0791. The standard InChI is InChI=1S/C16H25F3N2O2/c1-11(15(2,3)4)9-13(22)20-10-12-5-7-21(8-6-12)14(23)16(17,18)19/h9,12H,5-8,10H2,1-4H3,(H,20,22)/b11-9+. The van der Waals surface area contributed by atoms with Gasteiger partial charge in [0.25, 0.3) is 0 Å². The van der Waals surface area contributed by atoms with Crippen LogP contribution in [0, 0.1) is 11.3 Å². The summed E-state index contributed by atoms with van der Waals surface area (Å²) in [5, 5.41) is 2.79. The SMILES string of the molecule is C/C(=C\C(=O)NCC1CCN(C(=O)C(F)(F)F)CC1)C(C)(C)C. The van der Waals surface area contributed by atoms with Crippen LogP contribution in [0.5, 0.6) is 0 Å². The lowest BCUT2D eigenvalue weighted by Crippen LogP contribution is -2.46. The number of carbonyl (C=O) groups is 2. The first-order valence-corrected chi connectivity index (χ1v) is 7.74. The van der Waals surface area contributed by atoms with E-state index in [4.69, 9.17) is 0 Å². The fraction of sp³-hybridized carbons (Fsp3) is 0.750. The second-order valence-corrected chi connectivity index (χ2v) is 7.06. The number of hydrogen-bond donors (Lipinski definition) is 1. The van der Waals surface area contributed by atoms with Crippen molar-refractivity contribution in [1.82, 2.24) is 10.2 Å². The second-order valence-electron chi connectivity index (χ2n) is 7.06. The molecule has 1 rings (SSSR count). The van der Waals surface area contributed by atoms with Crippen molar-refractivity contribution in [1.29, 1.82) is 0 Å². The maximum absolute atomic E-state index is 12.3. The molecule has 1 N–H and O–H groups in total. The van der Waals surface area contributed by atoms with Crippen LogP contribution < -0.4 is 5.32 Å². The van der Waals surface area contributed by atoms with Crippen LogP contribution in [0.15, 0.2) is 11.6 Å². The number of rotatable bonds is 3. The summed E-state index contributed by atoms with van der Waals surface area (Å²) < 4.78 is 37.0. The van der Waals surface area contributed by atoms with Crippen molar-refractivity contribution in [3.8, 4) is 0 Å². The largest absolute Gasteiger partial charge is 0.471 e. The average Bonchev–Trinajstić information content (AvgIpc) is 2.43. The van der Waals surface area contributed by atoms with Gasteiger partial charge < -0.3 is 10.2 Å². The predicted octanol–water partition coefficient (Wildman–Crippen LogP) is 2.90. The lowest BCUT2D eigenvalue weighted by atomic mass is 9.87. The van der Waals surface area contributed by atoms with Gasteiger partial charge in [0.1, 0.15) is 0 Å². The highest BCUT2D eigenvalue weighted by molar-refractivity contribution is 5.88. The number of alkyl halides is 3. The molecule has 0 aromatic carbocycles. The molecule has 4 nitrogen and oxygen atoms in total. The van der Waals surface area contributed by atoms with Crippen LogP contribution in [0.4, 0.5) is 13.2 Å². The van der Waals surface area contributed by atoms with E-state index in [-0.39, 0.29) is 30.3 Å². The Morgan fingerprint density at radius 3 is 2.13 bits per heavy atom. The van der Waals surface area contributed by atoms with Crippen LogP contribution >= 0.6 is 0 Å². The Bertz CT molecular complexity index is 471. The predicted molar refractivity (Wildman–Crippen MR) is 81.6 cm³/mol. The van der Waals surface area contributed by atoms with Gasteiger partial charge in [-0.3, -0.25) is 9.59 Å². The van der Waals surface area contributed by atoms with Gasteiger partial charge in [-0.25, -0.2) is 0 Å². The number of hydrogen-bond acceptors (Lipinski definition) is 2. The van der Waals surface area contributed by atoms with E-state index >= 15 is 0 Å². The van der Waals surface area contributed by atoms with Gasteiger partial charge in [0.2, 0.25) is 5.91 Å². The highest BCUT2D eigenvalue weighted by Crippen LogP contribution is 2.25. The third-order valence-electron chi connectivity index (χ3n) is 4.24. The fourth-order valence-corrected chi connectivity index (χ4v) is 2.23. The number of allylic oxidation sites excluding steroid dienone is 1. The minimum atomic E-state index is -4.81. The number of likely N-dealkylation sites (tertiary alicyclic amines) is 1. The maximum atomic E-state index is 12.3. The number of carbonyl (C=O) groups excluding carboxylic acids is 2. The molecule has 0 bridgehead atoms. The minimum Gasteiger partial charge on any atom is -0.352 e. The molecule has 0 unspecified atom stereocenters. The Balaban J connectivity index is 2.40. The molecular formula is C16H25F3N2O2. The van der Waals surface area contributed by atoms with Crippen LogP contribution in [0.3, 0.4) is 0 Å². The second kappa shape index (κ2) is 7.36. The fourth-order valence-electron chi connectivity index (χ4n) is 2.23. The van der Waals surface area contributed by atoms with Gasteiger partial charge in [0.15, 0.2) is 0 Å². The van der Waals surface area contributed by atoms with E-state index in [1.54, 1.807) is 6.08 Å². The molecule has 1 saturated heterocycles. The lowest BCUT2D eigenvalue weighted by molar-refractivity contribution is -0.186. The van der Waals surface area contributed by atoms with E-state index in [2.05, 4.69) is 5.32 Å². The monoisotopic (exact) mass is 334 g/mol. The van der Waals surface area contributed by atoms with Gasteiger partial charge in [-0.05, 0) is 31.1 Å². The summed E-state index contributed by atoms with van der Waals surface area (Å²) >= 11 is 0. The Hall–Kier alpha value is -1.53. The molecule has 0 saturated carbocycles. The summed E-state index contributed by atoms with van der Waals surface area (Å²) in [6.45, 7) is 8.51. The van der Waals surface area contributed by atoms with Crippen LogP contribution in [-0.2, 0) is 9.59 Å². The van der Waals surface area contributed by atoms with Gasteiger partial charge in [-0.15, -0.1) is 0 Å². The summed E-state index contributed by atoms with van der Waals surface area (Å²) in [7, 11) is 0. The number of halogens is 3. The van der Waals surface area contributed by atoms with E-state index in [0.29, 0.717) is 19.4 Å². The lowest BCUT2D eigenvalue weighted by Gasteiger charge is -2.32. The van der Waals surface area contributed by atoms with Crippen molar-refractivity contribution in [2.45, 2.75) is 46.7 Å². The van der Waals surface area contributed by atoms with Gasteiger partial charge >= 0.3 is 12.1 Å². The number of nitrogens with one attached hydrogen (secondary N) is 1. The third-order valence-corrected chi connectivity index (χ3v) is 4.24. The Labute approximate surface area is 135 Å². The third kappa shape index (κ3) is 6.23. The number of piperidine rings is 1. The van der Waals surface area contributed by atoms with Gasteiger partial charge in [-0.2, -0.15) is 13.2 Å². The van der Waals surface area contributed by atoms with Gasteiger partial charge in [0, 0.05) is 25.7 Å². The van der Waals surface area contributed by atoms with Crippen LogP contribution in [0.1, 0.15) is 40.5 Å². The van der Waals surface area contributed by atoms with Crippen LogP contribution in [-0.4, -0.2) is 42.5 Å². The van der Waals surface area contributed by atoms with Gasteiger partial charge in [0.05, 0.1) is 0 Å². The highest BCUT2D eigenvalue weighted by atomic mass is 19.4. The van der Waals surface area contributed by atoms with Crippen molar-refractivity contribution in [2.24, 2.45) is 11.3 Å². The summed E-state index contributed by atoms with van der Waals surface area (Å²) in [4.78, 5) is 23.8. The zero-order chi connectivity index (χ0) is 17.8. The molecule has 1 heterocycles. The topological polar surface area (TPSA) is 49.4 Å². The van der Waals surface area contributed by atoms with Crippen molar-refractivity contribution >= 4 is 11.8 Å². The van der Waals surface area contributed by atoms with E-state index in [1.165, 1.54) is 0 Å². The molecule has 0 aromatic heterocycles. The van der Waals surface area contributed by atoms with Crippen molar-refractivity contribution in [3.63, 3.8) is 0 Å². The first-order valence-electron chi connectivity index (χ1n) is 7.74. The molecule has 0 aliphatic carbocycles. The molecule has 132 valence electrons. The summed E-state index contributed by atoms with van der Waals surface area (Å²) in [6.07, 6.45) is -2.33. The first-order chi connectivity index (χ1) is 10.4. The van der Waals surface area contributed by atoms with Crippen LogP contribution in [0.2, 0.25) is 0 Å². The molecule has 1 aliphatic heterocycles. The van der Waals surface area contributed by atoms with Crippen molar-refractivity contribution < 1.29 is 22.8 Å². The maximum Gasteiger partial charge on any atom is 0.471 e. The zero-order valence-electron chi connectivity index (χ0n) is 14.1. The molecular weight excluding hydrogens is 309 g/mol. The summed E-state index contributed by atoms with van der Waals surface area (Å²) in [5.41, 5.74) is 0.876. The van der Waals surface area contributed by atoms with E-state index < -0.39 is 12.1 Å². The van der Waals surface area contributed by atoms with Crippen LogP contribution in [0.25, 0.3) is 0 Å². The number of nitrogens with zero attached hydrogens (tertiary/aromatic N) is 1. The van der Waals surface area contributed by atoms with Gasteiger partial charge in [-0.1, -0.05) is 26.3 Å². The van der Waals surface area contributed by atoms with Crippen molar-refractivity contribution in [3.05, 3.63) is 11.6 Å². The Morgan fingerprint density at radius 2 is 1.70 bits per heavy atom. The molecule has 23 heavy (non-hydrogen) atoms. The quantitative estimate of drug-likeness (QED) is 0.807. The first kappa shape index (κ1) is 19.5. The van der Waals surface area contributed by atoms with E-state index in [9.17, 15) is 22.8 Å². The molecule has 1 aliphatic rings. The summed E-state index contributed by atoms with van der Waals surface area (Å²) in [5.74, 6) is -1.87. The number of amides is 2. The molecule has 0 spiro atoms. The zero-order valence-corrected chi connectivity index (χ0v) is 14.1.